The minimum Gasteiger partial charge on any atom is -0.481 e. The fourth-order valence-corrected chi connectivity index (χ4v) is 2.61. The Bertz CT molecular complexity index is 593. The summed E-state index contributed by atoms with van der Waals surface area (Å²) in [5, 5.41) is 12.0. The number of carbonyl (C=O) groups excluding carboxylic acids is 1. The number of carboxylic acid groups (broad SMARTS) is 1. The maximum absolute atomic E-state index is 11.7. The van der Waals surface area contributed by atoms with E-state index in [-0.39, 0.29) is 18.7 Å². The number of aromatic nitrogens is 1. The van der Waals surface area contributed by atoms with Gasteiger partial charge in [0.25, 0.3) is 0 Å². The lowest BCUT2D eigenvalue weighted by atomic mass is 10.1. The summed E-state index contributed by atoms with van der Waals surface area (Å²) >= 11 is 1.51. The molecule has 1 heterocycles. The van der Waals surface area contributed by atoms with E-state index in [1.807, 2.05) is 24.3 Å². The lowest BCUT2D eigenvalue weighted by Crippen LogP contribution is -2.40. The Labute approximate surface area is 119 Å². The number of thiazole rings is 1. The smallest absolute Gasteiger partial charge is 0.303 e. The number of fused-ring (bicyclic) bond motifs is 1. The Morgan fingerprint density at radius 3 is 2.85 bits per heavy atom. The Balaban J connectivity index is 1.87. The van der Waals surface area contributed by atoms with Gasteiger partial charge in [-0.2, -0.15) is 0 Å². The molecule has 0 saturated carbocycles. The Morgan fingerprint density at radius 1 is 1.40 bits per heavy atom. The predicted molar refractivity (Wildman–Crippen MR) is 76.3 cm³/mol. The molecule has 0 saturated heterocycles. The average molecular weight is 293 g/mol. The molecule has 0 radical (unpaired) electrons. The summed E-state index contributed by atoms with van der Waals surface area (Å²) in [7, 11) is 0. The van der Waals surface area contributed by atoms with Gasteiger partial charge < -0.3 is 16.2 Å². The highest BCUT2D eigenvalue weighted by Gasteiger charge is 2.15. The standard InChI is InChI=1S/C13H15N3O3S/c14-8(5-6-12(17)18)13(19)15-7-11-16-9-3-1-2-4-10(9)20-11/h1-4,8H,5-7,14H2,(H,15,19)(H,17,18). The van der Waals surface area contributed by atoms with Crippen LogP contribution in [-0.4, -0.2) is 28.0 Å². The predicted octanol–water partition coefficient (Wildman–Crippen LogP) is 1.10. The van der Waals surface area contributed by atoms with Crippen LogP contribution in [0, 0.1) is 0 Å². The van der Waals surface area contributed by atoms with Crippen LogP contribution in [0.1, 0.15) is 17.8 Å². The number of nitrogens with zero attached hydrogens (tertiary/aromatic N) is 1. The van der Waals surface area contributed by atoms with Gasteiger partial charge in [-0.15, -0.1) is 11.3 Å². The van der Waals surface area contributed by atoms with Gasteiger partial charge in [-0.25, -0.2) is 4.98 Å². The summed E-state index contributed by atoms with van der Waals surface area (Å²) in [5.41, 5.74) is 6.51. The number of nitrogens with one attached hydrogen (secondary N) is 1. The zero-order valence-electron chi connectivity index (χ0n) is 10.7. The molecule has 1 aromatic carbocycles. The number of carboxylic acids is 1. The van der Waals surface area contributed by atoms with E-state index < -0.39 is 12.0 Å². The summed E-state index contributed by atoms with van der Waals surface area (Å²) in [5.74, 6) is -1.31. The van der Waals surface area contributed by atoms with E-state index in [4.69, 9.17) is 10.8 Å². The van der Waals surface area contributed by atoms with E-state index in [2.05, 4.69) is 10.3 Å². The average Bonchev–Trinajstić information content (AvgIpc) is 2.84. The molecule has 1 unspecified atom stereocenters. The van der Waals surface area contributed by atoms with Gasteiger partial charge in [-0.1, -0.05) is 12.1 Å². The van der Waals surface area contributed by atoms with Crippen molar-refractivity contribution in [3.8, 4) is 0 Å². The minimum absolute atomic E-state index is 0.115. The second-order valence-corrected chi connectivity index (χ2v) is 5.45. The van der Waals surface area contributed by atoms with Crippen molar-refractivity contribution in [2.45, 2.75) is 25.4 Å². The highest BCUT2D eigenvalue weighted by molar-refractivity contribution is 7.18. The van der Waals surface area contributed by atoms with Crippen LogP contribution < -0.4 is 11.1 Å². The van der Waals surface area contributed by atoms with Crippen molar-refractivity contribution in [1.29, 1.82) is 0 Å². The summed E-state index contributed by atoms with van der Waals surface area (Å²) < 4.78 is 1.06. The van der Waals surface area contributed by atoms with Crippen molar-refractivity contribution >= 4 is 33.4 Å². The third kappa shape index (κ3) is 3.75. The molecule has 0 aliphatic carbocycles. The molecule has 1 amide bonds. The maximum atomic E-state index is 11.7. The quantitative estimate of drug-likeness (QED) is 0.739. The Kier molecular flexibility index (Phi) is 4.65. The largest absolute Gasteiger partial charge is 0.481 e. The summed E-state index contributed by atoms with van der Waals surface area (Å²) in [6.45, 7) is 0.305. The van der Waals surface area contributed by atoms with Crippen molar-refractivity contribution in [1.82, 2.24) is 10.3 Å². The maximum Gasteiger partial charge on any atom is 0.303 e. The third-order valence-corrected chi connectivity index (χ3v) is 3.79. The first-order valence-corrected chi connectivity index (χ1v) is 6.97. The molecule has 20 heavy (non-hydrogen) atoms. The van der Waals surface area contributed by atoms with Gasteiger partial charge in [0.1, 0.15) is 5.01 Å². The number of aliphatic carboxylic acids is 1. The summed E-state index contributed by atoms with van der Waals surface area (Å²) in [4.78, 5) is 26.5. The topological polar surface area (TPSA) is 105 Å². The number of carbonyl (C=O) groups is 2. The number of hydrogen-bond donors (Lipinski definition) is 3. The van der Waals surface area contributed by atoms with E-state index in [0.29, 0.717) is 6.54 Å². The fraction of sp³-hybridized carbons (Fsp3) is 0.308. The molecular formula is C13H15N3O3S. The van der Waals surface area contributed by atoms with Crippen LogP contribution in [0.15, 0.2) is 24.3 Å². The highest BCUT2D eigenvalue weighted by atomic mass is 32.1. The van der Waals surface area contributed by atoms with Gasteiger partial charge in [-0.3, -0.25) is 9.59 Å². The van der Waals surface area contributed by atoms with Crippen LogP contribution in [0.25, 0.3) is 10.2 Å². The molecule has 0 bridgehead atoms. The molecular weight excluding hydrogens is 278 g/mol. The first-order chi connectivity index (χ1) is 9.56. The van der Waals surface area contributed by atoms with Crippen LogP contribution in [0.3, 0.4) is 0 Å². The molecule has 7 heteroatoms. The molecule has 2 rings (SSSR count). The van der Waals surface area contributed by atoms with E-state index in [1.165, 1.54) is 11.3 Å². The van der Waals surface area contributed by atoms with Gasteiger partial charge in [0.2, 0.25) is 5.91 Å². The third-order valence-electron chi connectivity index (χ3n) is 2.76. The van der Waals surface area contributed by atoms with Crippen LogP contribution in [0.4, 0.5) is 0 Å². The van der Waals surface area contributed by atoms with Crippen molar-refractivity contribution in [3.63, 3.8) is 0 Å². The summed E-state index contributed by atoms with van der Waals surface area (Å²) in [6.07, 6.45) is 0.0107. The number of para-hydroxylation sites is 1. The number of nitrogens with two attached hydrogens (primary N) is 1. The van der Waals surface area contributed by atoms with Crippen molar-refractivity contribution < 1.29 is 14.7 Å². The first-order valence-electron chi connectivity index (χ1n) is 6.16. The number of benzene rings is 1. The van der Waals surface area contributed by atoms with Crippen molar-refractivity contribution in [3.05, 3.63) is 29.3 Å². The summed E-state index contributed by atoms with van der Waals surface area (Å²) in [6, 6.07) is 6.92. The van der Waals surface area contributed by atoms with Gasteiger partial charge in [0, 0.05) is 6.42 Å². The molecule has 4 N–H and O–H groups in total. The Hall–Kier alpha value is -1.99. The molecule has 6 nitrogen and oxygen atoms in total. The molecule has 1 atom stereocenters. The lowest BCUT2D eigenvalue weighted by molar-refractivity contribution is -0.137. The lowest BCUT2D eigenvalue weighted by Gasteiger charge is -2.09. The van der Waals surface area contributed by atoms with E-state index in [0.717, 1.165) is 15.2 Å². The molecule has 1 aromatic heterocycles. The van der Waals surface area contributed by atoms with Gasteiger partial charge >= 0.3 is 5.97 Å². The van der Waals surface area contributed by atoms with Crippen molar-refractivity contribution in [2.24, 2.45) is 5.73 Å². The van der Waals surface area contributed by atoms with Crippen molar-refractivity contribution in [2.75, 3.05) is 0 Å². The van der Waals surface area contributed by atoms with Crippen LogP contribution in [0.5, 0.6) is 0 Å². The molecule has 106 valence electrons. The first kappa shape index (κ1) is 14.4. The SMILES string of the molecule is NC(CCC(=O)O)C(=O)NCc1nc2ccccc2s1. The molecule has 2 aromatic rings. The minimum atomic E-state index is -0.959. The zero-order valence-corrected chi connectivity index (χ0v) is 11.5. The number of rotatable bonds is 6. The van der Waals surface area contributed by atoms with Crippen LogP contribution >= 0.6 is 11.3 Å². The molecule has 0 spiro atoms. The van der Waals surface area contributed by atoms with E-state index in [9.17, 15) is 9.59 Å². The van der Waals surface area contributed by atoms with Gasteiger partial charge in [-0.05, 0) is 18.6 Å². The fourth-order valence-electron chi connectivity index (χ4n) is 1.70. The van der Waals surface area contributed by atoms with Crippen LogP contribution in [-0.2, 0) is 16.1 Å². The zero-order chi connectivity index (χ0) is 14.5. The normalized spacial score (nSPS) is 12.2. The number of amides is 1. The van der Waals surface area contributed by atoms with Crippen LogP contribution in [0.2, 0.25) is 0 Å². The number of hydrogen-bond acceptors (Lipinski definition) is 5. The Morgan fingerprint density at radius 2 is 2.15 bits per heavy atom. The molecule has 0 fully saturated rings. The van der Waals surface area contributed by atoms with Gasteiger partial charge in [0.15, 0.2) is 0 Å². The van der Waals surface area contributed by atoms with E-state index in [1.54, 1.807) is 0 Å². The second-order valence-electron chi connectivity index (χ2n) is 4.33. The highest BCUT2D eigenvalue weighted by Crippen LogP contribution is 2.21. The molecule has 0 aliphatic heterocycles. The van der Waals surface area contributed by atoms with E-state index >= 15 is 0 Å². The second kappa shape index (κ2) is 6.44. The van der Waals surface area contributed by atoms with Gasteiger partial charge in [0.05, 0.1) is 22.8 Å². The molecule has 0 aliphatic rings. The monoisotopic (exact) mass is 293 g/mol.